The number of piperidine rings is 1. The van der Waals surface area contributed by atoms with Gasteiger partial charge in [-0.15, -0.1) is 0 Å². The largest absolute Gasteiger partial charge is 0.340 e. The molecule has 0 spiro atoms. The molecule has 2 bridgehead atoms. The predicted octanol–water partition coefficient (Wildman–Crippen LogP) is 1.84. The Hall–Kier alpha value is -2.89. The van der Waals surface area contributed by atoms with E-state index in [4.69, 9.17) is 0 Å². The molecule has 0 radical (unpaired) electrons. The summed E-state index contributed by atoms with van der Waals surface area (Å²) >= 11 is 0. The Morgan fingerprint density at radius 2 is 1.86 bits per heavy atom. The van der Waals surface area contributed by atoms with Crippen LogP contribution in [-0.4, -0.2) is 45.3 Å². The van der Waals surface area contributed by atoms with E-state index in [9.17, 15) is 14.4 Å². The summed E-state index contributed by atoms with van der Waals surface area (Å²) in [6.45, 7) is 4.24. The molecule has 6 nitrogen and oxygen atoms in total. The summed E-state index contributed by atoms with van der Waals surface area (Å²) in [6.07, 6.45) is 1.01. The average Bonchev–Trinajstić information content (AvgIpc) is 3.04. The lowest BCUT2D eigenvalue weighted by Gasteiger charge is -2.44. The highest BCUT2D eigenvalue weighted by molar-refractivity contribution is 6.01. The second-order valence-corrected chi connectivity index (χ2v) is 8.21. The molecule has 144 valence electrons. The van der Waals surface area contributed by atoms with Gasteiger partial charge in [0.05, 0.1) is 0 Å². The number of benzene rings is 1. The highest BCUT2D eigenvalue weighted by Gasteiger charge is 2.40. The summed E-state index contributed by atoms with van der Waals surface area (Å²) in [5, 5.41) is 0. The number of aromatic nitrogens is 1. The number of hydrogen-bond acceptors (Lipinski definition) is 3. The molecule has 1 aromatic carbocycles. The molecule has 0 saturated carbocycles. The highest BCUT2D eigenvalue weighted by atomic mass is 16.2. The van der Waals surface area contributed by atoms with E-state index in [2.05, 4.69) is 0 Å². The van der Waals surface area contributed by atoms with Crippen LogP contribution in [0.1, 0.15) is 40.9 Å². The van der Waals surface area contributed by atoms with Crippen LogP contribution in [0.4, 0.5) is 0 Å². The maximum atomic E-state index is 13.3. The van der Waals surface area contributed by atoms with Crippen LogP contribution < -0.4 is 5.56 Å². The van der Waals surface area contributed by atoms with Gasteiger partial charge in [-0.1, -0.05) is 24.3 Å². The number of carbonyl (C=O) groups is 2. The van der Waals surface area contributed by atoms with Gasteiger partial charge in [0, 0.05) is 49.4 Å². The fourth-order valence-electron chi connectivity index (χ4n) is 5.06. The van der Waals surface area contributed by atoms with E-state index < -0.39 is 6.04 Å². The van der Waals surface area contributed by atoms with Crippen LogP contribution in [0.15, 0.2) is 47.3 Å². The van der Waals surface area contributed by atoms with Gasteiger partial charge in [-0.25, -0.2) is 0 Å². The first-order valence-electron chi connectivity index (χ1n) is 9.90. The predicted molar refractivity (Wildman–Crippen MR) is 104 cm³/mol. The van der Waals surface area contributed by atoms with Crippen LogP contribution in [0.25, 0.3) is 0 Å². The Labute approximate surface area is 163 Å². The SMILES string of the molecule is C[C@@H](C(=O)N1C[C@H]2C[C@@H](C1)c1cccc(=O)n1C2)N1Cc2ccccc2C1=O. The van der Waals surface area contributed by atoms with Gasteiger partial charge in [-0.2, -0.15) is 0 Å². The topological polar surface area (TPSA) is 62.6 Å². The second kappa shape index (κ2) is 6.33. The second-order valence-electron chi connectivity index (χ2n) is 8.21. The molecule has 3 atom stereocenters. The van der Waals surface area contributed by atoms with E-state index in [1.807, 2.05) is 46.7 Å². The van der Waals surface area contributed by atoms with Crippen LogP contribution in [0.2, 0.25) is 0 Å². The van der Waals surface area contributed by atoms with Gasteiger partial charge in [-0.05, 0) is 37.0 Å². The number of pyridine rings is 1. The summed E-state index contributed by atoms with van der Waals surface area (Å²) in [6, 6.07) is 12.5. The molecule has 5 rings (SSSR count). The zero-order valence-corrected chi connectivity index (χ0v) is 15.9. The Morgan fingerprint density at radius 3 is 2.68 bits per heavy atom. The Balaban J connectivity index is 1.36. The van der Waals surface area contributed by atoms with Crippen molar-refractivity contribution in [3.63, 3.8) is 0 Å². The highest BCUT2D eigenvalue weighted by Crippen LogP contribution is 2.35. The minimum atomic E-state index is -0.489. The fraction of sp³-hybridized carbons (Fsp3) is 0.409. The summed E-state index contributed by atoms with van der Waals surface area (Å²) in [5.41, 5.74) is 2.75. The van der Waals surface area contributed by atoms with Crippen molar-refractivity contribution in [1.29, 1.82) is 0 Å². The fourth-order valence-corrected chi connectivity index (χ4v) is 5.06. The van der Waals surface area contributed by atoms with E-state index in [-0.39, 0.29) is 29.2 Å². The van der Waals surface area contributed by atoms with Crippen molar-refractivity contribution in [2.45, 2.75) is 38.4 Å². The number of rotatable bonds is 2. The van der Waals surface area contributed by atoms with Gasteiger partial charge in [0.1, 0.15) is 6.04 Å². The number of fused-ring (bicyclic) bond motifs is 5. The number of nitrogens with zero attached hydrogens (tertiary/aromatic N) is 3. The van der Waals surface area contributed by atoms with Crippen LogP contribution in [-0.2, 0) is 17.9 Å². The number of carbonyl (C=O) groups excluding carboxylic acids is 2. The van der Waals surface area contributed by atoms with Crippen molar-refractivity contribution in [3.8, 4) is 0 Å². The van der Waals surface area contributed by atoms with Gasteiger partial charge in [0.25, 0.3) is 11.5 Å². The van der Waals surface area contributed by atoms with Crippen LogP contribution in [0, 0.1) is 5.92 Å². The Bertz CT molecular complexity index is 1030. The third-order valence-electron chi connectivity index (χ3n) is 6.47. The monoisotopic (exact) mass is 377 g/mol. The van der Waals surface area contributed by atoms with E-state index in [0.29, 0.717) is 31.7 Å². The summed E-state index contributed by atoms with van der Waals surface area (Å²) < 4.78 is 1.87. The molecular weight excluding hydrogens is 354 g/mol. The molecule has 0 aliphatic carbocycles. The Kier molecular flexibility index (Phi) is 3.89. The van der Waals surface area contributed by atoms with Crippen molar-refractivity contribution >= 4 is 11.8 Å². The summed E-state index contributed by atoms with van der Waals surface area (Å²) in [7, 11) is 0. The van der Waals surface area contributed by atoms with E-state index in [1.165, 1.54) is 0 Å². The molecule has 4 heterocycles. The maximum Gasteiger partial charge on any atom is 0.255 e. The molecule has 2 aromatic rings. The zero-order chi connectivity index (χ0) is 19.4. The molecule has 1 aromatic heterocycles. The number of hydrogen-bond donors (Lipinski definition) is 0. The molecular formula is C22H23N3O3. The summed E-state index contributed by atoms with van der Waals surface area (Å²) in [4.78, 5) is 41.7. The first-order valence-corrected chi connectivity index (χ1v) is 9.90. The summed E-state index contributed by atoms with van der Waals surface area (Å²) in [5.74, 6) is 0.408. The lowest BCUT2D eigenvalue weighted by molar-refractivity contribution is -0.138. The molecule has 1 fully saturated rings. The maximum absolute atomic E-state index is 13.3. The number of amides is 2. The van der Waals surface area contributed by atoms with Gasteiger partial charge >= 0.3 is 0 Å². The molecule has 1 saturated heterocycles. The van der Waals surface area contributed by atoms with E-state index in [1.54, 1.807) is 17.0 Å². The molecule has 3 aliphatic heterocycles. The first-order chi connectivity index (χ1) is 13.5. The minimum absolute atomic E-state index is 0.00239. The molecule has 2 amide bonds. The molecule has 0 unspecified atom stereocenters. The van der Waals surface area contributed by atoms with Crippen molar-refractivity contribution in [2.24, 2.45) is 5.92 Å². The van der Waals surface area contributed by atoms with Crippen LogP contribution in [0.5, 0.6) is 0 Å². The van der Waals surface area contributed by atoms with Crippen molar-refractivity contribution in [2.75, 3.05) is 13.1 Å². The minimum Gasteiger partial charge on any atom is -0.340 e. The lowest BCUT2D eigenvalue weighted by Crippen LogP contribution is -2.54. The van der Waals surface area contributed by atoms with E-state index in [0.717, 1.165) is 17.7 Å². The lowest BCUT2D eigenvalue weighted by atomic mass is 9.83. The average molecular weight is 377 g/mol. The third kappa shape index (κ3) is 2.58. The van der Waals surface area contributed by atoms with Gasteiger partial charge in [0.2, 0.25) is 5.91 Å². The normalized spacial score (nSPS) is 24.0. The quantitative estimate of drug-likeness (QED) is 0.802. The van der Waals surface area contributed by atoms with Crippen molar-refractivity contribution in [3.05, 3.63) is 69.6 Å². The molecule has 6 heteroatoms. The van der Waals surface area contributed by atoms with Gasteiger partial charge < -0.3 is 14.4 Å². The third-order valence-corrected chi connectivity index (χ3v) is 6.47. The Morgan fingerprint density at radius 1 is 1.04 bits per heavy atom. The van der Waals surface area contributed by atoms with Crippen molar-refractivity contribution in [1.82, 2.24) is 14.4 Å². The molecule has 28 heavy (non-hydrogen) atoms. The smallest absolute Gasteiger partial charge is 0.255 e. The van der Waals surface area contributed by atoms with E-state index >= 15 is 0 Å². The van der Waals surface area contributed by atoms with Crippen LogP contribution in [0.3, 0.4) is 0 Å². The first kappa shape index (κ1) is 17.2. The van der Waals surface area contributed by atoms with Crippen LogP contribution >= 0.6 is 0 Å². The zero-order valence-electron chi connectivity index (χ0n) is 15.9. The number of likely N-dealkylation sites (tertiary alicyclic amines) is 1. The standard InChI is InChI=1S/C22H23N3O3/c1-14(24-13-16-5-2-3-6-18(16)22(24)28)21(27)23-10-15-9-17(12-23)19-7-4-8-20(26)25(19)11-15/h2-8,14-15,17H,9-13H2,1H3/t14-,15+,17-/m0/s1. The van der Waals surface area contributed by atoms with Gasteiger partial charge in [-0.3, -0.25) is 14.4 Å². The molecule has 0 N–H and O–H groups in total. The van der Waals surface area contributed by atoms with Gasteiger partial charge in [0.15, 0.2) is 0 Å². The van der Waals surface area contributed by atoms with Crippen molar-refractivity contribution < 1.29 is 9.59 Å². The molecule has 3 aliphatic rings.